The van der Waals surface area contributed by atoms with Gasteiger partial charge in [-0.3, -0.25) is 13.8 Å². The summed E-state index contributed by atoms with van der Waals surface area (Å²) in [6.45, 7) is 1.47. The minimum absolute atomic E-state index is 0.0234. The van der Waals surface area contributed by atoms with Gasteiger partial charge in [0.25, 0.3) is 5.09 Å². The number of carbonyl (C=O) groups is 3. The molecule has 0 aromatic heterocycles. The number of carboxylic acid groups (broad SMARTS) is 1. The predicted octanol–water partition coefficient (Wildman–Crippen LogP) is 5.48. The van der Waals surface area contributed by atoms with Crippen LogP contribution in [0.15, 0.2) is 71.1 Å². The molecule has 0 saturated heterocycles. The summed E-state index contributed by atoms with van der Waals surface area (Å²) in [4.78, 5) is 51.9. The SMILES string of the molecule is CC1=C(CC(=O)Oc2ccc(OC(=O)CCCO[N+](=O)[O-])c(C(=O)O)c2)c2cc(F)ccc2C1=Cc1ccc(S(C)=O)cc1. The van der Waals surface area contributed by atoms with E-state index in [-0.39, 0.29) is 37.4 Å². The standard InChI is InChI=1S/C31H26FNO10S/c1-18-24(14-19-5-9-22(10-6-19)44(2)40)23-11-7-20(32)15-26(23)25(18)17-30(35)42-21-8-12-28(27(16-21)31(36)37)43-29(34)4-3-13-41-33(38)39/h5-12,14-16H,3-4,13,17H2,1-2H3,(H,36,37). The first kappa shape index (κ1) is 31.8. The van der Waals surface area contributed by atoms with Gasteiger partial charge in [0.2, 0.25) is 0 Å². The molecule has 1 unspecified atom stereocenters. The van der Waals surface area contributed by atoms with Gasteiger partial charge in [0, 0.05) is 28.4 Å². The Hall–Kier alpha value is -5.17. The van der Waals surface area contributed by atoms with Crippen LogP contribution in [0.2, 0.25) is 0 Å². The number of allylic oxidation sites excluding steroid dienone is 2. The molecule has 11 nitrogen and oxygen atoms in total. The quantitative estimate of drug-likeness (QED) is 0.0900. The van der Waals surface area contributed by atoms with Crippen molar-refractivity contribution in [2.24, 2.45) is 0 Å². The Morgan fingerprint density at radius 3 is 2.39 bits per heavy atom. The van der Waals surface area contributed by atoms with Crippen LogP contribution in [0.1, 0.15) is 53.2 Å². The Balaban J connectivity index is 1.52. The van der Waals surface area contributed by atoms with Gasteiger partial charge < -0.3 is 19.4 Å². The van der Waals surface area contributed by atoms with Crippen LogP contribution in [0, 0.1) is 15.9 Å². The van der Waals surface area contributed by atoms with Crippen molar-refractivity contribution in [1.82, 2.24) is 0 Å². The maximum Gasteiger partial charge on any atom is 0.339 e. The molecule has 1 N–H and O–H groups in total. The molecule has 44 heavy (non-hydrogen) atoms. The molecular formula is C31H26FNO10S. The van der Waals surface area contributed by atoms with Crippen LogP contribution in [0.25, 0.3) is 17.2 Å². The minimum atomic E-state index is -1.45. The number of rotatable bonds is 12. The van der Waals surface area contributed by atoms with Crippen molar-refractivity contribution in [3.05, 3.63) is 104 Å². The molecule has 0 saturated carbocycles. The summed E-state index contributed by atoms with van der Waals surface area (Å²) in [5.41, 5.74) is 3.65. The van der Waals surface area contributed by atoms with Gasteiger partial charge in [-0.1, -0.05) is 18.2 Å². The monoisotopic (exact) mass is 623 g/mol. The van der Waals surface area contributed by atoms with Gasteiger partial charge in [-0.2, -0.15) is 0 Å². The molecule has 0 aliphatic heterocycles. The van der Waals surface area contributed by atoms with Gasteiger partial charge in [0.05, 0.1) is 13.0 Å². The first-order chi connectivity index (χ1) is 20.9. The fraction of sp³-hybridized carbons (Fsp3) is 0.194. The number of halogens is 1. The smallest absolute Gasteiger partial charge is 0.339 e. The summed E-state index contributed by atoms with van der Waals surface area (Å²) in [7, 11) is -1.13. The fourth-order valence-corrected chi connectivity index (χ4v) is 5.09. The summed E-state index contributed by atoms with van der Waals surface area (Å²) >= 11 is 0. The summed E-state index contributed by atoms with van der Waals surface area (Å²) in [6, 6.07) is 14.9. The number of benzene rings is 3. The topological polar surface area (TPSA) is 159 Å². The lowest BCUT2D eigenvalue weighted by Crippen LogP contribution is -2.13. The van der Waals surface area contributed by atoms with Crippen LogP contribution in [0.3, 0.4) is 0 Å². The van der Waals surface area contributed by atoms with Crippen molar-refractivity contribution >= 4 is 45.9 Å². The van der Waals surface area contributed by atoms with E-state index in [1.54, 1.807) is 31.4 Å². The van der Waals surface area contributed by atoms with Crippen LogP contribution in [0.4, 0.5) is 4.39 Å². The highest BCUT2D eigenvalue weighted by Crippen LogP contribution is 2.44. The van der Waals surface area contributed by atoms with E-state index in [1.165, 1.54) is 18.2 Å². The summed E-state index contributed by atoms with van der Waals surface area (Å²) in [6.07, 6.45) is 2.94. The largest absolute Gasteiger partial charge is 0.478 e. The number of carboxylic acids is 1. The summed E-state index contributed by atoms with van der Waals surface area (Å²) in [5, 5.41) is 18.8. The van der Waals surface area contributed by atoms with Crippen LogP contribution in [0.5, 0.6) is 11.5 Å². The van der Waals surface area contributed by atoms with Crippen LogP contribution < -0.4 is 9.47 Å². The maximum absolute atomic E-state index is 14.3. The number of nitrogens with zero attached hydrogens (tertiary/aromatic N) is 1. The second kappa shape index (κ2) is 13.9. The Labute approximate surface area is 253 Å². The molecule has 0 bridgehead atoms. The van der Waals surface area contributed by atoms with Gasteiger partial charge in [0.1, 0.15) is 22.9 Å². The van der Waals surface area contributed by atoms with Crippen molar-refractivity contribution in [2.75, 3.05) is 12.9 Å². The molecule has 3 aromatic carbocycles. The molecule has 4 rings (SSSR count). The zero-order valence-electron chi connectivity index (χ0n) is 23.5. The third-order valence-corrected chi connectivity index (χ3v) is 7.59. The van der Waals surface area contributed by atoms with E-state index in [0.29, 0.717) is 16.0 Å². The normalized spacial score (nSPS) is 13.8. The van der Waals surface area contributed by atoms with E-state index in [0.717, 1.165) is 34.4 Å². The van der Waals surface area contributed by atoms with Crippen LogP contribution >= 0.6 is 0 Å². The van der Waals surface area contributed by atoms with Gasteiger partial charge in [-0.25, -0.2) is 9.18 Å². The molecule has 0 spiro atoms. The fourth-order valence-electron chi connectivity index (χ4n) is 4.57. The number of ether oxygens (including phenoxy) is 2. The average molecular weight is 624 g/mol. The molecule has 0 radical (unpaired) electrons. The van der Waals surface area contributed by atoms with E-state index < -0.39 is 45.2 Å². The third kappa shape index (κ3) is 7.81. The molecule has 13 heteroatoms. The zero-order chi connectivity index (χ0) is 32.0. The first-order valence-corrected chi connectivity index (χ1v) is 14.7. The second-order valence-electron chi connectivity index (χ2n) is 9.62. The Bertz CT molecular complexity index is 1730. The lowest BCUT2D eigenvalue weighted by molar-refractivity contribution is -0.757. The van der Waals surface area contributed by atoms with E-state index in [9.17, 15) is 38.2 Å². The zero-order valence-corrected chi connectivity index (χ0v) is 24.4. The molecule has 3 aromatic rings. The molecule has 0 heterocycles. The van der Waals surface area contributed by atoms with Gasteiger partial charge in [-0.15, -0.1) is 10.1 Å². The number of carbonyl (C=O) groups excluding carboxylic acids is 2. The Kier molecular flexibility index (Phi) is 10.0. The van der Waals surface area contributed by atoms with Gasteiger partial charge in [-0.05, 0) is 95.3 Å². The molecule has 1 aliphatic carbocycles. The van der Waals surface area contributed by atoms with E-state index in [4.69, 9.17) is 9.47 Å². The second-order valence-corrected chi connectivity index (χ2v) is 11.0. The lowest BCUT2D eigenvalue weighted by Gasteiger charge is -2.11. The van der Waals surface area contributed by atoms with Gasteiger partial charge in [0.15, 0.2) is 0 Å². The van der Waals surface area contributed by atoms with Crippen molar-refractivity contribution in [2.45, 2.75) is 31.1 Å². The molecular weight excluding hydrogens is 597 g/mol. The Morgan fingerprint density at radius 1 is 1.00 bits per heavy atom. The lowest BCUT2D eigenvalue weighted by atomic mass is 10.0. The highest BCUT2D eigenvalue weighted by molar-refractivity contribution is 7.84. The van der Waals surface area contributed by atoms with Crippen LogP contribution in [-0.4, -0.2) is 45.2 Å². The van der Waals surface area contributed by atoms with E-state index in [1.807, 2.05) is 18.2 Å². The highest BCUT2D eigenvalue weighted by Gasteiger charge is 2.27. The van der Waals surface area contributed by atoms with Crippen molar-refractivity contribution in [3.8, 4) is 11.5 Å². The predicted molar refractivity (Wildman–Crippen MR) is 157 cm³/mol. The molecule has 0 amide bonds. The third-order valence-electron chi connectivity index (χ3n) is 6.66. The van der Waals surface area contributed by atoms with Crippen molar-refractivity contribution in [3.63, 3.8) is 0 Å². The van der Waals surface area contributed by atoms with Gasteiger partial charge >= 0.3 is 17.9 Å². The summed E-state index contributed by atoms with van der Waals surface area (Å²) < 4.78 is 36.5. The number of aromatic carboxylic acids is 1. The number of hydrogen-bond donors (Lipinski definition) is 1. The molecule has 228 valence electrons. The van der Waals surface area contributed by atoms with Crippen molar-refractivity contribution < 1.29 is 47.5 Å². The number of fused-ring (bicyclic) bond motifs is 1. The molecule has 1 aliphatic rings. The minimum Gasteiger partial charge on any atom is -0.478 e. The molecule has 1 atom stereocenters. The average Bonchev–Trinajstić information content (AvgIpc) is 3.21. The highest BCUT2D eigenvalue weighted by atomic mass is 32.2. The molecule has 0 fully saturated rings. The maximum atomic E-state index is 14.3. The first-order valence-electron chi connectivity index (χ1n) is 13.1. The Morgan fingerprint density at radius 2 is 1.73 bits per heavy atom. The summed E-state index contributed by atoms with van der Waals surface area (Å²) in [5.74, 6) is -3.93. The van der Waals surface area contributed by atoms with Crippen molar-refractivity contribution in [1.29, 1.82) is 0 Å². The number of hydrogen-bond acceptors (Lipinski definition) is 9. The van der Waals surface area contributed by atoms with E-state index >= 15 is 0 Å². The van der Waals surface area contributed by atoms with Crippen LogP contribution in [-0.2, 0) is 25.2 Å². The number of esters is 2. The van der Waals surface area contributed by atoms with E-state index in [2.05, 4.69) is 4.84 Å².